The minimum atomic E-state index is -0.0495. The highest BCUT2D eigenvalue weighted by atomic mass is 16.5. The molecule has 2 rings (SSSR count). The number of methoxy groups -OCH3 is 1. The van der Waals surface area contributed by atoms with E-state index in [1.807, 2.05) is 25.1 Å². The van der Waals surface area contributed by atoms with Crippen molar-refractivity contribution in [2.45, 2.75) is 32.2 Å². The molecule has 0 heterocycles. The van der Waals surface area contributed by atoms with Crippen LogP contribution in [-0.2, 0) is 4.79 Å². The van der Waals surface area contributed by atoms with Gasteiger partial charge in [0.1, 0.15) is 5.75 Å². The molecule has 1 saturated carbocycles. The van der Waals surface area contributed by atoms with E-state index in [-0.39, 0.29) is 17.9 Å². The predicted octanol–water partition coefficient (Wildman–Crippen LogP) is 2.07. The van der Waals surface area contributed by atoms with Crippen molar-refractivity contribution in [1.82, 2.24) is 0 Å². The minimum Gasteiger partial charge on any atom is -0.497 e. The summed E-state index contributed by atoms with van der Waals surface area (Å²) in [5.74, 6) is 0.780. The lowest BCUT2D eigenvalue weighted by molar-refractivity contribution is -0.120. The Morgan fingerprint density at radius 1 is 1.44 bits per heavy atom. The van der Waals surface area contributed by atoms with Gasteiger partial charge in [-0.25, -0.2) is 0 Å². The van der Waals surface area contributed by atoms with Crippen LogP contribution in [0.2, 0.25) is 0 Å². The van der Waals surface area contributed by atoms with E-state index in [0.717, 1.165) is 36.3 Å². The number of hydrogen-bond donors (Lipinski definition) is 2. The molecule has 98 valence electrons. The molecule has 2 atom stereocenters. The normalized spacial score (nSPS) is 22.8. The van der Waals surface area contributed by atoms with Crippen LogP contribution in [0.3, 0.4) is 0 Å². The molecule has 1 aliphatic carbocycles. The van der Waals surface area contributed by atoms with Crippen molar-refractivity contribution >= 4 is 11.6 Å². The number of ether oxygens (including phenoxy) is 1. The monoisotopic (exact) mass is 248 g/mol. The van der Waals surface area contributed by atoms with Crippen molar-refractivity contribution in [3.63, 3.8) is 0 Å². The summed E-state index contributed by atoms with van der Waals surface area (Å²) in [6.07, 6.45) is 2.88. The summed E-state index contributed by atoms with van der Waals surface area (Å²) in [5, 5.41) is 2.96. The molecule has 3 N–H and O–H groups in total. The number of nitrogens with two attached hydrogens (primary N) is 1. The maximum atomic E-state index is 12.1. The average molecular weight is 248 g/mol. The van der Waals surface area contributed by atoms with Gasteiger partial charge in [0, 0.05) is 11.7 Å². The summed E-state index contributed by atoms with van der Waals surface area (Å²) >= 11 is 0. The van der Waals surface area contributed by atoms with E-state index in [1.165, 1.54) is 0 Å². The Hall–Kier alpha value is -1.55. The number of rotatable bonds is 3. The maximum absolute atomic E-state index is 12.1. The maximum Gasteiger partial charge on any atom is 0.229 e. The highest BCUT2D eigenvalue weighted by molar-refractivity contribution is 5.94. The quantitative estimate of drug-likeness (QED) is 0.860. The molecule has 1 aromatic rings. The molecule has 1 aromatic carbocycles. The van der Waals surface area contributed by atoms with E-state index in [2.05, 4.69) is 5.32 Å². The third-order valence-corrected chi connectivity index (χ3v) is 3.60. The molecule has 1 amide bonds. The molecule has 0 aliphatic heterocycles. The number of amides is 1. The van der Waals surface area contributed by atoms with E-state index in [9.17, 15) is 4.79 Å². The Labute approximate surface area is 108 Å². The number of hydrogen-bond acceptors (Lipinski definition) is 3. The third-order valence-electron chi connectivity index (χ3n) is 3.60. The lowest BCUT2D eigenvalue weighted by Crippen LogP contribution is -2.34. The van der Waals surface area contributed by atoms with Gasteiger partial charge in [0.2, 0.25) is 5.91 Å². The number of aryl methyl sites for hydroxylation is 1. The molecule has 2 unspecified atom stereocenters. The average Bonchev–Trinajstić information content (AvgIpc) is 2.78. The second-order valence-electron chi connectivity index (χ2n) is 4.87. The van der Waals surface area contributed by atoms with Gasteiger partial charge in [0.15, 0.2) is 0 Å². The SMILES string of the molecule is COc1ccc(NC(=O)C2CCCC2N)c(C)c1. The van der Waals surface area contributed by atoms with Gasteiger partial charge in [-0.05, 0) is 43.5 Å². The summed E-state index contributed by atoms with van der Waals surface area (Å²) < 4.78 is 5.14. The third kappa shape index (κ3) is 2.64. The fraction of sp³-hybridized carbons (Fsp3) is 0.500. The summed E-state index contributed by atoms with van der Waals surface area (Å²) in [6.45, 7) is 1.95. The Kier molecular flexibility index (Phi) is 3.87. The van der Waals surface area contributed by atoms with Crippen molar-refractivity contribution in [2.75, 3.05) is 12.4 Å². The van der Waals surface area contributed by atoms with Crippen LogP contribution in [0.15, 0.2) is 18.2 Å². The molecule has 1 aliphatic rings. The molecule has 1 fully saturated rings. The molecule has 0 aromatic heterocycles. The van der Waals surface area contributed by atoms with Crippen LogP contribution >= 0.6 is 0 Å². The standard InChI is InChI=1S/C14H20N2O2/c1-9-8-10(18-2)6-7-13(9)16-14(17)11-4-3-5-12(11)15/h6-8,11-12H,3-5,15H2,1-2H3,(H,16,17). The summed E-state index contributed by atoms with van der Waals surface area (Å²) in [5.41, 5.74) is 7.76. The van der Waals surface area contributed by atoms with Crippen LogP contribution in [0.25, 0.3) is 0 Å². The smallest absolute Gasteiger partial charge is 0.229 e. The van der Waals surface area contributed by atoms with E-state index in [1.54, 1.807) is 7.11 Å². The Balaban J connectivity index is 2.07. The molecule has 4 nitrogen and oxygen atoms in total. The van der Waals surface area contributed by atoms with Crippen LogP contribution in [0.5, 0.6) is 5.75 Å². The van der Waals surface area contributed by atoms with Crippen molar-refractivity contribution in [1.29, 1.82) is 0 Å². The van der Waals surface area contributed by atoms with Crippen molar-refractivity contribution < 1.29 is 9.53 Å². The van der Waals surface area contributed by atoms with Gasteiger partial charge in [-0.3, -0.25) is 4.79 Å². The van der Waals surface area contributed by atoms with E-state index in [4.69, 9.17) is 10.5 Å². The number of nitrogens with one attached hydrogen (secondary N) is 1. The largest absolute Gasteiger partial charge is 0.497 e. The van der Waals surface area contributed by atoms with E-state index < -0.39 is 0 Å². The lowest BCUT2D eigenvalue weighted by atomic mass is 10.0. The Morgan fingerprint density at radius 2 is 2.22 bits per heavy atom. The van der Waals surface area contributed by atoms with Crippen molar-refractivity contribution in [3.8, 4) is 5.75 Å². The Morgan fingerprint density at radius 3 is 2.78 bits per heavy atom. The topological polar surface area (TPSA) is 64.3 Å². The van der Waals surface area contributed by atoms with Gasteiger partial charge in [-0.15, -0.1) is 0 Å². The predicted molar refractivity (Wildman–Crippen MR) is 71.7 cm³/mol. The first-order chi connectivity index (χ1) is 8.61. The molecule has 0 bridgehead atoms. The molecule has 0 radical (unpaired) electrons. The van der Waals surface area contributed by atoms with Crippen LogP contribution in [0.4, 0.5) is 5.69 Å². The van der Waals surface area contributed by atoms with Gasteiger partial charge in [0.05, 0.1) is 13.0 Å². The number of carbonyl (C=O) groups is 1. The van der Waals surface area contributed by atoms with Gasteiger partial charge in [-0.2, -0.15) is 0 Å². The molecule has 18 heavy (non-hydrogen) atoms. The zero-order valence-electron chi connectivity index (χ0n) is 10.9. The summed E-state index contributed by atoms with van der Waals surface area (Å²) in [7, 11) is 1.63. The first-order valence-corrected chi connectivity index (χ1v) is 6.33. The van der Waals surface area contributed by atoms with Crippen molar-refractivity contribution in [3.05, 3.63) is 23.8 Å². The number of benzene rings is 1. The van der Waals surface area contributed by atoms with Gasteiger partial charge in [-0.1, -0.05) is 6.42 Å². The summed E-state index contributed by atoms with van der Waals surface area (Å²) in [6, 6.07) is 5.62. The molecule has 0 spiro atoms. The van der Waals surface area contributed by atoms with Crippen molar-refractivity contribution in [2.24, 2.45) is 11.7 Å². The fourth-order valence-electron chi connectivity index (χ4n) is 2.44. The second-order valence-corrected chi connectivity index (χ2v) is 4.87. The number of anilines is 1. The molecule has 0 saturated heterocycles. The molecule has 4 heteroatoms. The van der Waals surface area contributed by atoms with E-state index in [0.29, 0.717) is 0 Å². The molecular weight excluding hydrogens is 228 g/mol. The lowest BCUT2D eigenvalue weighted by Gasteiger charge is -2.16. The van der Waals surface area contributed by atoms with Crippen LogP contribution < -0.4 is 15.8 Å². The second kappa shape index (κ2) is 5.40. The number of carbonyl (C=O) groups excluding carboxylic acids is 1. The summed E-state index contributed by atoms with van der Waals surface area (Å²) in [4.78, 5) is 12.1. The van der Waals surface area contributed by atoms with Crippen LogP contribution in [0.1, 0.15) is 24.8 Å². The van der Waals surface area contributed by atoms with E-state index >= 15 is 0 Å². The zero-order valence-corrected chi connectivity index (χ0v) is 10.9. The first-order valence-electron chi connectivity index (χ1n) is 6.33. The van der Waals surface area contributed by atoms with Crippen LogP contribution in [0, 0.1) is 12.8 Å². The first kappa shape index (κ1) is 12.9. The highest BCUT2D eigenvalue weighted by Gasteiger charge is 2.30. The van der Waals surface area contributed by atoms with Gasteiger partial charge in [0.25, 0.3) is 0 Å². The fourth-order valence-corrected chi connectivity index (χ4v) is 2.44. The molecular formula is C14H20N2O2. The minimum absolute atomic E-state index is 0.00329. The van der Waals surface area contributed by atoms with Gasteiger partial charge < -0.3 is 15.8 Å². The zero-order chi connectivity index (χ0) is 13.1. The Bertz CT molecular complexity index is 445. The highest BCUT2D eigenvalue weighted by Crippen LogP contribution is 2.27. The van der Waals surface area contributed by atoms with Crippen LogP contribution in [-0.4, -0.2) is 19.1 Å². The van der Waals surface area contributed by atoms with Gasteiger partial charge >= 0.3 is 0 Å².